The number of carbonyl (C=O) groups excluding carboxylic acids is 1. The Kier molecular flexibility index (Phi) is 4.44. The fraction of sp³-hybridized carbons (Fsp3) is 0.588. The highest BCUT2D eigenvalue weighted by atomic mass is 16.5. The van der Waals surface area contributed by atoms with Crippen LogP contribution < -0.4 is 10.6 Å². The predicted molar refractivity (Wildman–Crippen MR) is 82.0 cm³/mol. The molecule has 0 bridgehead atoms. The lowest BCUT2D eigenvalue weighted by molar-refractivity contribution is 0.0858. The van der Waals surface area contributed by atoms with Crippen molar-refractivity contribution in [3.05, 3.63) is 35.9 Å². The Morgan fingerprint density at radius 1 is 1.19 bits per heavy atom. The molecule has 1 aromatic rings. The molecule has 1 saturated heterocycles. The summed E-state index contributed by atoms with van der Waals surface area (Å²) in [5.41, 5.74) is 1.19. The molecule has 2 aliphatic rings. The van der Waals surface area contributed by atoms with Crippen LogP contribution in [0.15, 0.2) is 30.3 Å². The molecule has 1 aliphatic heterocycles. The van der Waals surface area contributed by atoms with E-state index < -0.39 is 0 Å². The van der Waals surface area contributed by atoms with Gasteiger partial charge in [0, 0.05) is 6.61 Å². The Labute approximate surface area is 126 Å². The lowest BCUT2D eigenvalue weighted by atomic mass is 10.0. The minimum absolute atomic E-state index is 0.0585. The fourth-order valence-corrected chi connectivity index (χ4v) is 3.04. The lowest BCUT2D eigenvalue weighted by Gasteiger charge is -2.23. The first-order valence-corrected chi connectivity index (χ1v) is 7.97. The number of hydrogen-bond acceptors (Lipinski definition) is 2. The molecule has 114 valence electrons. The van der Waals surface area contributed by atoms with E-state index in [0.717, 1.165) is 19.4 Å². The third kappa shape index (κ3) is 3.76. The summed E-state index contributed by atoms with van der Waals surface area (Å²) >= 11 is 0. The molecule has 3 atom stereocenters. The number of carbonyl (C=O) groups is 1. The molecule has 0 radical (unpaired) electrons. The van der Waals surface area contributed by atoms with Crippen LogP contribution in [0.4, 0.5) is 4.79 Å². The number of rotatable bonds is 5. The number of nitrogens with one attached hydrogen (secondary N) is 2. The van der Waals surface area contributed by atoms with Crippen molar-refractivity contribution in [2.75, 3.05) is 6.61 Å². The highest BCUT2D eigenvalue weighted by Gasteiger charge is 2.34. The molecule has 1 aromatic carbocycles. The van der Waals surface area contributed by atoms with Crippen LogP contribution in [0.3, 0.4) is 0 Å². The number of benzene rings is 1. The van der Waals surface area contributed by atoms with Crippen LogP contribution >= 0.6 is 0 Å². The first kappa shape index (κ1) is 14.4. The molecule has 1 heterocycles. The standard InChI is InChI=1S/C17H24N2O2/c1-12(15-8-5-11-21-15)18-17(20)19-16(14-9-10-14)13-6-3-2-4-7-13/h2-4,6-7,12,14-16H,5,8-11H2,1H3,(H2,18,19,20)/t12-,15-,16+/m0/s1. The molecule has 21 heavy (non-hydrogen) atoms. The van der Waals surface area contributed by atoms with E-state index in [2.05, 4.69) is 22.8 Å². The third-order valence-electron chi connectivity index (χ3n) is 4.42. The number of hydrogen-bond donors (Lipinski definition) is 2. The zero-order valence-corrected chi connectivity index (χ0v) is 12.5. The number of amides is 2. The Bertz CT molecular complexity index is 467. The van der Waals surface area contributed by atoms with Gasteiger partial charge in [0.15, 0.2) is 0 Å². The molecule has 4 nitrogen and oxygen atoms in total. The highest BCUT2D eigenvalue weighted by Crippen LogP contribution is 2.40. The summed E-state index contributed by atoms with van der Waals surface area (Å²) in [4.78, 5) is 12.2. The molecule has 0 unspecified atom stereocenters. The van der Waals surface area contributed by atoms with Crippen LogP contribution in [0.5, 0.6) is 0 Å². The smallest absolute Gasteiger partial charge is 0.315 e. The van der Waals surface area contributed by atoms with E-state index in [4.69, 9.17) is 4.74 Å². The average molecular weight is 288 g/mol. The van der Waals surface area contributed by atoms with Crippen molar-refractivity contribution in [2.24, 2.45) is 5.92 Å². The summed E-state index contributed by atoms with van der Waals surface area (Å²) in [6.45, 7) is 2.83. The molecule has 2 N–H and O–H groups in total. The fourth-order valence-electron chi connectivity index (χ4n) is 3.04. The van der Waals surface area contributed by atoms with Gasteiger partial charge in [0.25, 0.3) is 0 Å². The summed E-state index contributed by atoms with van der Waals surface area (Å²) in [6, 6.07) is 10.3. The molecule has 3 rings (SSSR count). The van der Waals surface area contributed by atoms with Crippen molar-refractivity contribution in [1.29, 1.82) is 0 Å². The van der Waals surface area contributed by atoms with Gasteiger partial charge >= 0.3 is 6.03 Å². The normalized spacial score (nSPS) is 24.3. The van der Waals surface area contributed by atoms with Gasteiger partial charge in [-0.3, -0.25) is 0 Å². The Morgan fingerprint density at radius 3 is 2.57 bits per heavy atom. The van der Waals surface area contributed by atoms with Crippen molar-refractivity contribution in [2.45, 2.75) is 50.8 Å². The van der Waals surface area contributed by atoms with Crippen LogP contribution in [0.2, 0.25) is 0 Å². The third-order valence-corrected chi connectivity index (χ3v) is 4.42. The van der Waals surface area contributed by atoms with E-state index >= 15 is 0 Å². The van der Waals surface area contributed by atoms with Gasteiger partial charge in [0.05, 0.1) is 18.2 Å². The van der Waals surface area contributed by atoms with Crippen molar-refractivity contribution in [3.63, 3.8) is 0 Å². The quantitative estimate of drug-likeness (QED) is 0.875. The van der Waals surface area contributed by atoms with Gasteiger partial charge in [-0.15, -0.1) is 0 Å². The maximum absolute atomic E-state index is 12.2. The Balaban J connectivity index is 1.57. The van der Waals surface area contributed by atoms with Crippen molar-refractivity contribution >= 4 is 6.03 Å². The van der Waals surface area contributed by atoms with Crippen LogP contribution in [0.25, 0.3) is 0 Å². The molecule has 2 amide bonds. The Morgan fingerprint density at radius 2 is 1.95 bits per heavy atom. The predicted octanol–water partition coefficient (Wildman–Crippen LogP) is 3.00. The zero-order valence-electron chi connectivity index (χ0n) is 12.5. The van der Waals surface area contributed by atoms with E-state index in [-0.39, 0.29) is 24.2 Å². The molecule has 1 saturated carbocycles. The topological polar surface area (TPSA) is 50.4 Å². The van der Waals surface area contributed by atoms with E-state index in [0.29, 0.717) is 5.92 Å². The van der Waals surface area contributed by atoms with Gasteiger partial charge in [0.1, 0.15) is 0 Å². The second-order valence-electron chi connectivity index (χ2n) is 6.18. The van der Waals surface area contributed by atoms with Gasteiger partial charge in [-0.1, -0.05) is 30.3 Å². The van der Waals surface area contributed by atoms with E-state index in [1.54, 1.807) is 0 Å². The van der Waals surface area contributed by atoms with Crippen molar-refractivity contribution in [3.8, 4) is 0 Å². The van der Waals surface area contributed by atoms with Gasteiger partial charge in [-0.2, -0.15) is 0 Å². The second-order valence-corrected chi connectivity index (χ2v) is 6.18. The Hall–Kier alpha value is -1.55. The largest absolute Gasteiger partial charge is 0.376 e. The summed E-state index contributed by atoms with van der Waals surface area (Å²) < 4.78 is 5.62. The molecular formula is C17H24N2O2. The molecule has 0 spiro atoms. The summed E-state index contributed by atoms with van der Waals surface area (Å²) in [7, 11) is 0. The first-order valence-electron chi connectivity index (χ1n) is 7.97. The molecule has 0 aromatic heterocycles. The minimum atomic E-state index is -0.0845. The highest BCUT2D eigenvalue weighted by molar-refractivity contribution is 5.75. The van der Waals surface area contributed by atoms with Crippen molar-refractivity contribution in [1.82, 2.24) is 10.6 Å². The van der Waals surface area contributed by atoms with E-state index in [1.165, 1.54) is 18.4 Å². The monoisotopic (exact) mass is 288 g/mol. The van der Waals surface area contributed by atoms with Gasteiger partial charge in [-0.05, 0) is 44.1 Å². The summed E-state index contributed by atoms with van der Waals surface area (Å²) in [5, 5.41) is 6.17. The first-order chi connectivity index (χ1) is 10.2. The maximum atomic E-state index is 12.2. The number of urea groups is 1. The van der Waals surface area contributed by atoms with Crippen LogP contribution in [0.1, 0.15) is 44.2 Å². The number of ether oxygens (including phenoxy) is 1. The van der Waals surface area contributed by atoms with Gasteiger partial charge in [-0.25, -0.2) is 4.79 Å². The summed E-state index contributed by atoms with van der Waals surface area (Å²) in [5.74, 6) is 0.580. The molecular weight excluding hydrogens is 264 g/mol. The van der Waals surface area contributed by atoms with Gasteiger partial charge < -0.3 is 15.4 Å². The molecule has 4 heteroatoms. The SMILES string of the molecule is C[C@H](NC(=O)N[C@H](c1ccccc1)C1CC1)[C@@H]1CCCO1. The van der Waals surface area contributed by atoms with Crippen LogP contribution in [0, 0.1) is 5.92 Å². The average Bonchev–Trinajstić information content (AvgIpc) is 3.18. The van der Waals surface area contributed by atoms with Crippen molar-refractivity contribution < 1.29 is 9.53 Å². The molecule has 2 fully saturated rings. The maximum Gasteiger partial charge on any atom is 0.315 e. The lowest BCUT2D eigenvalue weighted by Crippen LogP contribution is -2.47. The van der Waals surface area contributed by atoms with Crippen LogP contribution in [-0.4, -0.2) is 24.8 Å². The van der Waals surface area contributed by atoms with Gasteiger partial charge in [0.2, 0.25) is 0 Å². The van der Waals surface area contributed by atoms with E-state index in [9.17, 15) is 4.79 Å². The summed E-state index contributed by atoms with van der Waals surface area (Å²) in [6.07, 6.45) is 4.67. The second kappa shape index (κ2) is 6.48. The molecule has 1 aliphatic carbocycles. The minimum Gasteiger partial charge on any atom is -0.376 e. The van der Waals surface area contributed by atoms with Crippen LogP contribution in [-0.2, 0) is 4.74 Å². The zero-order chi connectivity index (χ0) is 14.7. The van der Waals surface area contributed by atoms with E-state index in [1.807, 2.05) is 25.1 Å².